The molecule has 3 amide bonds. The highest BCUT2D eigenvalue weighted by Gasteiger charge is 2.40. The maximum Gasteiger partial charge on any atom is 0.490 e. The second-order valence-corrected chi connectivity index (χ2v) is 11.0. The summed E-state index contributed by atoms with van der Waals surface area (Å²) in [7, 11) is 0. The van der Waals surface area contributed by atoms with Gasteiger partial charge in [-0.05, 0) is 53.9 Å². The van der Waals surface area contributed by atoms with Crippen molar-refractivity contribution < 1.29 is 42.2 Å². The predicted octanol–water partition coefficient (Wildman–Crippen LogP) is 5.30. The lowest BCUT2D eigenvalue weighted by Gasteiger charge is -2.23. The van der Waals surface area contributed by atoms with E-state index in [0.29, 0.717) is 22.0 Å². The smallest absolute Gasteiger partial charge is 0.475 e. The summed E-state index contributed by atoms with van der Waals surface area (Å²) in [6.45, 7) is -0.123. The Balaban J connectivity index is 0.000000676. The molecule has 234 valence electrons. The monoisotopic (exact) mass is 672 g/mol. The highest BCUT2D eigenvalue weighted by atomic mass is 35.5. The van der Waals surface area contributed by atoms with Crippen molar-refractivity contribution in [2.45, 2.75) is 30.7 Å². The van der Waals surface area contributed by atoms with Crippen LogP contribution in [0.1, 0.15) is 21.5 Å². The average Bonchev–Trinajstić information content (AvgIpc) is 3.26. The van der Waals surface area contributed by atoms with E-state index < -0.39 is 41.6 Å². The van der Waals surface area contributed by atoms with Crippen molar-refractivity contribution in [1.82, 2.24) is 14.5 Å². The van der Waals surface area contributed by atoms with Crippen LogP contribution in [0.2, 0.25) is 10.0 Å². The molecule has 0 aromatic heterocycles. The zero-order chi connectivity index (χ0) is 32.4. The molecule has 44 heavy (non-hydrogen) atoms. The van der Waals surface area contributed by atoms with E-state index in [2.05, 4.69) is 5.32 Å². The van der Waals surface area contributed by atoms with Gasteiger partial charge in [0.25, 0.3) is 5.91 Å². The van der Waals surface area contributed by atoms with E-state index in [4.69, 9.17) is 43.6 Å². The van der Waals surface area contributed by atoms with Crippen LogP contribution in [0.5, 0.6) is 0 Å². The first-order chi connectivity index (χ1) is 20.7. The highest BCUT2D eigenvalue weighted by molar-refractivity contribution is 7.98. The molecular formula is C28H25Cl2F3N4O6S. The summed E-state index contributed by atoms with van der Waals surface area (Å²) in [5, 5.41) is 11.0. The molecule has 0 bridgehead atoms. The van der Waals surface area contributed by atoms with E-state index in [9.17, 15) is 27.6 Å². The second kappa shape index (κ2) is 15.7. The number of amides is 3. The summed E-state index contributed by atoms with van der Waals surface area (Å²) in [6, 6.07) is 21.4. The van der Waals surface area contributed by atoms with Gasteiger partial charge in [0.15, 0.2) is 12.2 Å². The standard InChI is InChI=1S/C26H24Cl2N4O4S.C2HF3O2/c27-20-10-6-18(7-11-20)15-32-26(35)31(16-36-24(34)22(29)14-17-4-2-1-3-5-17)25(37-32)30-23(33)19-8-12-21(28)13-9-19;3-2(4,5)1(6)7/h1-13,22,25H,14-16,29H2,(H,30,33);(H,6,7). The first-order valence-electron chi connectivity index (χ1n) is 12.6. The molecule has 2 unspecified atom stereocenters. The van der Waals surface area contributed by atoms with Crippen LogP contribution < -0.4 is 11.1 Å². The van der Waals surface area contributed by atoms with E-state index in [1.54, 1.807) is 36.4 Å². The number of carbonyl (C=O) groups is 4. The van der Waals surface area contributed by atoms with Crippen molar-refractivity contribution in [3.05, 3.63) is 106 Å². The van der Waals surface area contributed by atoms with Gasteiger partial charge in [-0.1, -0.05) is 65.7 Å². The van der Waals surface area contributed by atoms with Crippen LogP contribution in [-0.2, 0) is 27.3 Å². The van der Waals surface area contributed by atoms with Crippen molar-refractivity contribution in [2.24, 2.45) is 5.73 Å². The molecule has 1 saturated heterocycles. The van der Waals surface area contributed by atoms with Crippen LogP contribution in [0.4, 0.5) is 18.0 Å². The number of nitrogens with two attached hydrogens (primary N) is 1. The van der Waals surface area contributed by atoms with Crippen LogP contribution in [0, 0.1) is 0 Å². The van der Waals surface area contributed by atoms with Gasteiger partial charge < -0.3 is 20.9 Å². The summed E-state index contributed by atoms with van der Waals surface area (Å²) in [5.74, 6) is -3.82. The Morgan fingerprint density at radius 1 is 0.955 bits per heavy atom. The van der Waals surface area contributed by atoms with Gasteiger partial charge in [0.2, 0.25) is 0 Å². The molecule has 16 heteroatoms. The zero-order valence-corrected chi connectivity index (χ0v) is 24.9. The number of alkyl halides is 3. The zero-order valence-electron chi connectivity index (χ0n) is 22.5. The van der Waals surface area contributed by atoms with Crippen molar-refractivity contribution in [3.8, 4) is 0 Å². The number of aliphatic carboxylic acids is 1. The van der Waals surface area contributed by atoms with E-state index in [1.807, 2.05) is 42.5 Å². The van der Waals surface area contributed by atoms with Gasteiger partial charge in [0, 0.05) is 27.6 Å². The van der Waals surface area contributed by atoms with Crippen molar-refractivity contribution in [3.63, 3.8) is 0 Å². The molecule has 0 aliphatic carbocycles. The van der Waals surface area contributed by atoms with Gasteiger partial charge in [0.05, 0.1) is 6.54 Å². The summed E-state index contributed by atoms with van der Waals surface area (Å²) < 4.78 is 38.6. The normalized spacial score (nSPS) is 15.2. The number of urea groups is 1. The Labute approximate surface area is 264 Å². The maximum absolute atomic E-state index is 13.2. The summed E-state index contributed by atoms with van der Waals surface area (Å²) in [4.78, 5) is 48.8. The van der Waals surface area contributed by atoms with Gasteiger partial charge in [-0.25, -0.2) is 9.59 Å². The molecule has 0 spiro atoms. The van der Waals surface area contributed by atoms with Crippen LogP contribution in [-0.4, -0.2) is 62.6 Å². The predicted molar refractivity (Wildman–Crippen MR) is 157 cm³/mol. The van der Waals surface area contributed by atoms with Gasteiger partial charge in [-0.15, -0.1) is 0 Å². The number of nitrogens with one attached hydrogen (secondary N) is 1. The molecule has 10 nitrogen and oxygen atoms in total. The molecule has 4 N–H and O–H groups in total. The molecule has 1 fully saturated rings. The molecule has 1 aliphatic rings. The van der Waals surface area contributed by atoms with Crippen molar-refractivity contribution >= 4 is 59.0 Å². The Morgan fingerprint density at radius 2 is 1.50 bits per heavy atom. The quantitative estimate of drug-likeness (QED) is 0.205. The third kappa shape index (κ3) is 10.3. The van der Waals surface area contributed by atoms with Crippen LogP contribution >= 0.6 is 35.1 Å². The third-order valence-corrected chi connectivity index (χ3v) is 7.37. The maximum atomic E-state index is 13.2. The molecule has 1 aliphatic heterocycles. The number of hydrogen-bond acceptors (Lipinski definition) is 7. The van der Waals surface area contributed by atoms with Gasteiger partial charge in [-0.3, -0.25) is 18.8 Å². The Kier molecular flexibility index (Phi) is 12.3. The van der Waals surface area contributed by atoms with Crippen molar-refractivity contribution in [2.75, 3.05) is 6.73 Å². The number of nitrogens with zero attached hydrogens (tertiary/aromatic N) is 2. The minimum atomic E-state index is -5.08. The largest absolute Gasteiger partial charge is 0.490 e. The number of hydrogen-bond donors (Lipinski definition) is 3. The third-order valence-electron chi connectivity index (χ3n) is 5.76. The topological polar surface area (TPSA) is 142 Å². The molecule has 3 aromatic carbocycles. The molecule has 3 aromatic rings. The van der Waals surface area contributed by atoms with Gasteiger partial charge in [-0.2, -0.15) is 13.2 Å². The number of benzene rings is 3. The van der Waals surface area contributed by atoms with Gasteiger partial charge >= 0.3 is 24.1 Å². The average molecular weight is 673 g/mol. The van der Waals surface area contributed by atoms with Crippen molar-refractivity contribution in [1.29, 1.82) is 0 Å². The number of esters is 1. The lowest BCUT2D eigenvalue weighted by molar-refractivity contribution is -0.192. The Morgan fingerprint density at radius 3 is 2.05 bits per heavy atom. The molecule has 1 heterocycles. The highest BCUT2D eigenvalue weighted by Crippen LogP contribution is 2.32. The van der Waals surface area contributed by atoms with E-state index in [-0.39, 0.29) is 13.3 Å². The minimum Gasteiger partial charge on any atom is -0.475 e. The fraction of sp³-hybridized carbons (Fsp3) is 0.214. The molecule has 4 rings (SSSR count). The first-order valence-corrected chi connectivity index (χ1v) is 14.2. The van der Waals surface area contributed by atoms with Crippen LogP contribution in [0.15, 0.2) is 78.9 Å². The number of halogens is 5. The number of carbonyl (C=O) groups excluding carboxylic acids is 3. The summed E-state index contributed by atoms with van der Waals surface area (Å²) in [5.41, 5.74) is 7.32. The molecule has 0 radical (unpaired) electrons. The van der Waals surface area contributed by atoms with Gasteiger partial charge in [0.1, 0.15) is 6.04 Å². The van der Waals surface area contributed by atoms with E-state index >= 15 is 0 Å². The Bertz CT molecular complexity index is 1450. The first kappa shape index (κ1) is 34.5. The SMILES string of the molecule is NC(Cc1ccccc1)C(=O)OCN1C(=O)N(Cc2ccc(Cl)cc2)SC1NC(=O)c1ccc(Cl)cc1.O=C(O)C(F)(F)F. The summed E-state index contributed by atoms with van der Waals surface area (Å²) in [6.07, 6.45) is -4.79. The molecule has 0 saturated carbocycles. The molecule has 2 atom stereocenters. The van der Waals surface area contributed by atoms with E-state index in [0.717, 1.165) is 23.1 Å². The number of carboxylic acids is 1. The van der Waals surface area contributed by atoms with E-state index in [1.165, 1.54) is 9.21 Å². The van der Waals surface area contributed by atoms with Crippen LogP contribution in [0.25, 0.3) is 0 Å². The minimum absolute atomic E-state index is 0.256. The summed E-state index contributed by atoms with van der Waals surface area (Å²) >= 11 is 13.0. The number of carboxylic acid groups (broad SMARTS) is 1. The van der Waals surface area contributed by atoms with Crippen LogP contribution in [0.3, 0.4) is 0 Å². The second-order valence-electron chi connectivity index (χ2n) is 9.05. The molecular weight excluding hydrogens is 648 g/mol. The number of ether oxygens (including phenoxy) is 1. The fourth-order valence-corrected chi connectivity index (χ4v) is 4.88. The lowest BCUT2D eigenvalue weighted by atomic mass is 10.1. The fourth-order valence-electron chi connectivity index (χ4n) is 3.54. The number of rotatable bonds is 9. The lowest BCUT2D eigenvalue weighted by Crippen LogP contribution is -2.47. The Hall–Kier alpha value is -3.98.